The SMILES string of the molecule is COc1nc(Cl)nc(Oc2ccc([N+](=O)[O-])cc2C)n1. The third kappa shape index (κ3) is 3.09. The summed E-state index contributed by atoms with van der Waals surface area (Å²) in [6, 6.07) is 4.12. The minimum atomic E-state index is -0.486. The van der Waals surface area contributed by atoms with Crippen molar-refractivity contribution < 1.29 is 14.4 Å². The maximum absolute atomic E-state index is 10.6. The summed E-state index contributed by atoms with van der Waals surface area (Å²) in [5.41, 5.74) is 0.538. The normalized spacial score (nSPS) is 10.2. The van der Waals surface area contributed by atoms with Gasteiger partial charge in [0, 0.05) is 12.1 Å². The van der Waals surface area contributed by atoms with Crippen LogP contribution in [0, 0.1) is 17.0 Å². The van der Waals surface area contributed by atoms with Crippen molar-refractivity contribution in [2.24, 2.45) is 0 Å². The zero-order valence-corrected chi connectivity index (χ0v) is 11.3. The van der Waals surface area contributed by atoms with Gasteiger partial charge in [0.05, 0.1) is 12.0 Å². The quantitative estimate of drug-likeness (QED) is 0.631. The minimum Gasteiger partial charge on any atom is -0.467 e. The molecule has 0 aliphatic carbocycles. The van der Waals surface area contributed by atoms with Gasteiger partial charge in [0.1, 0.15) is 5.75 Å². The third-order valence-corrected chi connectivity index (χ3v) is 2.49. The number of hydrogen-bond donors (Lipinski definition) is 0. The molecule has 1 aromatic heterocycles. The fourth-order valence-corrected chi connectivity index (χ4v) is 1.56. The first-order valence-electron chi connectivity index (χ1n) is 5.38. The highest BCUT2D eigenvalue weighted by molar-refractivity contribution is 6.28. The van der Waals surface area contributed by atoms with E-state index < -0.39 is 4.92 Å². The van der Waals surface area contributed by atoms with Crippen LogP contribution >= 0.6 is 11.6 Å². The van der Waals surface area contributed by atoms with E-state index in [1.165, 1.54) is 25.3 Å². The first kappa shape index (κ1) is 13.9. The second-order valence-corrected chi connectivity index (χ2v) is 4.02. The molecule has 9 heteroatoms. The molecule has 20 heavy (non-hydrogen) atoms. The number of non-ortho nitro benzene ring substituents is 1. The lowest BCUT2D eigenvalue weighted by Gasteiger charge is -2.07. The van der Waals surface area contributed by atoms with Crippen LogP contribution in [-0.2, 0) is 0 Å². The average Bonchev–Trinajstić information content (AvgIpc) is 2.40. The second kappa shape index (κ2) is 5.66. The predicted molar refractivity (Wildman–Crippen MR) is 69.3 cm³/mol. The molecular formula is C11H9ClN4O4. The second-order valence-electron chi connectivity index (χ2n) is 3.68. The van der Waals surface area contributed by atoms with Crippen molar-refractivity contribution in [1.29, 1.82) is 0 Å². The lowest BCUT2D eigenvalue weighted by atomic mass is 10.2. The molecule has 2 aromatic rings. The van der Waals surface area contributed by atoms with Crippen LogP contribution in [0.25, 0.3) is 0 Å². The Morgan fingerprint density at radius 2 is 1.95 bits per heavy atom. The Kier molecular flexibility index (Phi) is 3.94. The third-order valence-electron chi connectivity index (χ3n) is 2.32. The number of rotatable bonds is 4. The highest BCUT2D eigenvalue weighted by atomic mass is 35.5. The Labute approximate surface area is 118 Å². The fraction of sp³-hybridized carbons (Fsp3) is 0.182. The molecule has 0 N–H and O–H groups in total. The highest BCUT2D eigenvalue weighted by Gasteiger charge is 2.12. The summed E-state index contributed by atoms with van der Waals surface area (Å²) < 4.78 is 10.3. The molecule has 0 unspecified atom stereocenters. The van der Waals surface area contributed by atoms with Crippen molar-refractivity contribution in [1.82, 2.24) is 15.0 Å². The van der Waals surface area contributed by atoms with E-state index in [4.69, 9.17) is 21.1 Å². The van der Waals surface area contributed by atoms with Gasteiger partial charge in [-0.15, -0.1) is 4.98 Å². The number of nitro benzene ring substituents is 1. The van der Waals surface area contributed by atoms with E-state index in [0.29, 0.717) is 11.3 Å². The molecule has 0 aliphatic heterocycles. The zero-order valence-electron chi connectivity index (χ0n) is 10.5. The van der Waals surface area contributed by atoms with Crippen LogP contribution in [0.1, 0.15) is 5.56 Å². The molecule has 0 bridgehead atoms. The molecule has 0 fully saturated rings. The number of halogens is 1. The van der Waals surface area contributed by atoms with Crippen LogP contribution in [0.2, 0.25) is 5.28 Å². The summed E-state index contributed by atoms with van der Waals surface area (Å²) in [6.07, 6.45) is 0. The molecule has 0 saturated carbocycles. The number of aryl methyl sites for hydroxylation is 1. The predicted octanol–water partition coefficient (Wildman–Crippen LogP) is 2.54. The van der Waals surface area contributed by atoms with Crippen molar-refractivity contribution in [2.45, 2.75) is 6.92 Å². The Morgan fingerprint density at radius 3 is 2.55 bits per heavy atom. The minimum absolute atomic E-state index is 0.0135. The van der Waals surface area contributed by atoms with Crippen molar-refractivity contribution in [3.63, 3.8) is 0 Å². The lowest BCUT2D eigenvalue weighted by Crippen LogP contribution is -1.99. The number of nitro groups is 1. The van der Waals surface area contributed by atoms with Gasteiger partial charge in [-0.1, -0.05) is 0 Å². The molecule has 0 aliphatic rings. The number of nitrogens with zero attached hydrogens (tertiary/aromatic N) is 4. The van der Waals surface area contributed by atoms with E-state index >= 15 is 0 Å². The van der Waals surface area contributed by atoms with Gasteiger partial charge in [-0.25, -0.2) is 0 Å². The zero-order chi connectivity index (χ0) is 14.7. The van der Waals surface area contributed by atoms with Crippen LogP contribution in [0.3, 0.4) is 0 Å². The summed E-state index contributed by atoms with van der Waals surface area (Å²) in [5, 5.41) is 10.6. The Balaban J connectivity index is 2.30. The van der Waals surface area contributed by atoms with Crippen molar-refractivity contribution in [3.05, 3.63) is 39.2 Å². The summed E-state index contributed by atoms with van der Waals surface area (Å²) in [7, 11) is 1.38. The molecule has 1 aromatic carbocycles. The van der Waals surface area contributed by atoms with Crippen LogP contribution in [0.4, 0.5) is 5.69 Å². The summed E-state index contributed by atoms with van der Waals surface area (Å²) in [4.78, 5) is 21.5. The Hall–Kier alpha value is -2.48. The van der Waals surface area contributed by atoms with Gasteiger partial charge < -0.3 is 9.47 Å². The molecule has 0 saturated heterocycles. The standard InChI is InChI=1S/C11H9ClN4O4/c1-6-5-7(16(17)18)3-4-8(6)20-11-14-9(12)13-10(15-11)19-2/h3-5H,1-2H3. The smallest absolute Gasteiger partial charge is 0.329 e. The van der Waals surface area contributed by atoms with E-state index in [9.17, 15) is 10.1 Å². The Bertz CT molecular complexity index is 665. The van der Waals surface area contributed by atoms with Gasteiger partial charge in [0.15, 0.2) is 0 Å². The monoisotopic (exact) mass is 296 g/mol. The van der Waals surface area contributed by atoms with Gasteiger partial charge in [-0.05, 0) is 30.2 Å². The maximum atomic E-state index is 10.6. The first-order chi connectivity index (χ1) is 9.49. The van der Waals surface area contributed by atoms with Crippen molar-refractivity contribution in [3.8, 4) is 17.8 Å². The first-order valence-corrected chi connectivity index (χ1v) is 5.76. The highest BCUT2D eigenvalue weighted by Crippen LogP contribution is 2.27. The molecule has 0 amide bonds. The van der Waals surface area contributed by atoms with Gasteiger partial charge >= 0.3 is 12.0 Å². The average molecular weight is 297 g/mol. The number of hydrogen-bond acceptors (Lipinski definition) is 7. The lowest BCUT2D eigenvalue weighted by molar-refractivity contribution is -0.384. The molecule has 1 heterocycles. The molecule has 2 rings (SSSR count). The van der Waals surface area contributed by atoms with Crippen LogP contribution < -0.4 is 9.47 Å². The van der Waals surface area contributed by atoms with Crippen LogP contribution in [0.5, 0.6) is 17.8 Å². The Morgan fingerprint density at radius 1 is 1.25 bits per heavy atom. The molecular weight excluding hydrogens is 288 g/mol. The molecule has 8 nitrogen and oxygen atoms in total. The van der Waals surface area contributed by atoms with E-state index in [2.05, 4.69) is 15.0 Å². The molecule has 0 radical (unpaired) electrons. The van der Waals surface area contributed by atoms with E-state index in [0.717, 1.165) is 0 Å². The number of benzene rings is 1. The number of ether oxygens (including phenoxy) is 2. The fourth-order valence-electron chi connectivity index (χ4n) is 1.41. The van der Waals surface area contributed by atoms with Crippen LogP contribution in [0.15, 0.2) is 18.2 Å². The molecule has 0 atom stereocenters. The summed E-state index contributed by atoms with van der Waals surface area (Å²) >= 11 is 5.69. The van der Waals surface area contributed by atoms with Gasteiger partial charge in [-0.2, -0.15) is 9.97 Å². The molecule has 0 spiro atoms. The van der Waals surface area contributed by atoms with Gasteiger partial charge in [0.25, 0.3) is 5.69 Å². The summed E-state index contributed by atoms with van der Waals surface area (Å²) in [6.45, 7) is 1.67. The maximum Gasteiger partial charge on any atom is 0.329 e. The summed E-state index contributed by atoms with van der Waals surface area (Å²) in [5.74, 6) is 0.375. The van der Waals surface area contributed by atoms with Gasteiger partial charge in [-0.3, -0.25) is 10.1 Å². The number of methoxy groups -OCH3 is 1. The number of aromatic nitrogens is 3. The van der Waals surface area contributed by atoms with Crippen LogP contribution in [-0.4, -0.2) is 27.0 Å². The molecule has 104 valence electrons. The largest absolute Gasteiger partial charge is 0.467 e. The van der Waals surface area contributed by atoms with E-state index in [-0.39, 0.29) is 23.0 Å². The van der Waals surface area contributed by atoms with Gasteiger partial charge in [0.2, 0.25) is 5.28 Å². The van der Waals surface area contributed by atoms with E-state index in [1.807, 2.05) is 0 Å². The topological polar surface area (TPSA) is 100 Å². The van der Waals surface area contributed by atoms with Crippen molar-refractivity contribution in [2.75, 3.05) is 7.11 Å². The van der Waals surface area contributed by atoms with Crippen molar-refractivity contribution >= 4 is 17.3 Å². The van der Waals surface area contributed by atoms with E-state index in [1.54, 1.807) is 6.92 Å².